The van der Waals surface area contributed by atoms with E-state index in [9.17, 15) is 9.59 Å². The number of amides is 2. The Morgan fingerprint density at radius 3 is 2.52 bits per heavy atom. The summed E-state index contributed by atoms with van der Waals surface area (Å²) in [6.07, 6.45) is 2.89. The first-order valence-corrected chi connectivity index (χ1v) is 9.18. The largest absolute Gasteiger partial charge is 0.339 e. The Labute approximate surface area is 159 Å². The Kier molecular flexibility index (Phi) is 5.71. The molecule has 0 atom stereocenters. The second-order valence-corrected chi connectivity index (χ2v) is 7.22. The van der Waals surface area contributed by atoms with Crippen LogP contribution in [0.4, 0.5) is 5.82 Å². The molecule has 2 heterocycles. The van der Waals surface area contributed by atoms with Crippen molar-refractivity contribution in [3.8, 4) is 0 Å². The van der Waals surface area contributed by atoms with E-state index in [0.717, 1.165) is 4.47 Å². The fourth-order valence-corrected chi connectivity index (χ4v) is 3.28. The van der Waals surface area contributed by atoms with Crippen LogP contribution in [0.15, 0.2) is 47.1 Å². The average molecular weight is 423 g/mol. The van der Waals surface area contributed by atoms with Crippen LogP contribution < -0.4 is 5.32 Å². The van der Waals surface area contributed by atoms with Crippen molar-refractivity contribution in [1.29, 1.82) is 0 Å². The lowest BCUT2D eigenvalue weighted by Gasteiger charge is -2.31. The van der Waals surface area contributed by atoms with E-state index in [2.05, 4.69) is 26.2 Å². The number of carbonyl (C=O) groups is 2. The van der Waals surface area contributed by atoms with Crippen LogP contribution in [-0.4, -0.2) is 34.8 Å². The van der Waals surface area contributed by atoms with Gasteiger partial charge in [0.05, 0.1) is 10.6 Å². The van der Waals surface area contributed by atoms with Crippen LogP contribution in [0.1, 0.15) is 23.2 Å². The molecule has 1 N–H and O–H groups in total. The average Bonchev–Trinajstić information content (AvgIpc) is 2.63. The zero-order valence-corrected chi connectivity index (χ0v) is 15.8. The number of hydrogen-bond donors (Lipinski definition) is 1. The molecule has 1 aromatic heterocycles. The van der Waals surface area contributed by atoms with E-state index < -0.39 is 0 Å². The second-order valence-electron chi connectivity index (χ2n) is 5.90. The molecule has 25 heavy (non-hydrogen) atoms. The molecule has 130 valence electrons. The quantitative estimate of drug-likeness (QED) is 0.813. The highest BCUT2D eigenvalue weighted by molar-refractivity contribution is 9.10. The summed E-state index contributed by atoms with van der Waals surface area (Å²) in [6, 6.07) is 10.6. The number of nitrogens with zero attached hydrogens (tertiary/aromatic N) is 2. The Balaban J connectivity index is 1.56. The third kappa shape index (κ3) is 4.38. The number of anilines is 1. The first-order chi connectivity index (χ1) is 12.0. The van der Waals surface area contributed by atoms with E-state index in [-0.39, 0.29) is 17.7 Å². The number of aromatic nitrogens is 1. The fraction of sp³-hybridized carbons (Fsp3) is 0.278. The summed E-state index contributed by atoms with van der Waals surface area (Å²) >= 11 is 9.41. The van der Waals surface area contributed by atoms with Crippen LogP contribution in [0.25, 0.3) is 0 Å². The number of likely N-dealkylation sites (tertiary alicyclic amines) is 1. The Bertz CT molecular complexity index is 774. The van der Waals surface area contributed by atoms with Crippen LogP contribution in [-0.2, 0) is 4.79 Å². The highest BCUT2D eigenvalue weighted by Crippen LogP contribution is 2.23. The minimum Gasteiger partial charge on any atom is -0.339 e. The number of pyridine rings is 1. The molecule has 0 aliphatic carbocycles. The molecule has 5 nitrogen and oxygen atoms in total. The highest BCUT2D eigenvalue weighted by atomic mass is 79.9. The number of hydrogen-bond acceptors (Lipinski definition) is 3. The van der Waals surface area contributed by atoms with Gasteiger partial charge in [-0.25, -0.2) is 4.98 Å². The van der Waals surface area contributed by atoms with Crippen molar-refractivity contribution in [2.45, 2.75) is 12.8 Å². The number of nitrogens with one attached hydrogen (secondary N) is 1. The number of benzene rings is 1. The van der Waals surface area contributed by atoms with Gasteiger partial charge in [-0.05, 0) is 53.0 Å². The van der Waals surface area contributed by atoms with Gasteiger partial charge in [-0.15, -0.1) is 0 Å². The first-order valence-electron chi connectivity index (χ1n) is 8.01. The molecule has 0 bridgehead atoms. The zero-order chi connectivity index (χ0) is 17.8. The standard InChI is InChI=1S/C18H17BrClN3O2/c19-13-5-6-16(21-11-13)22-17(24)12-7-9-23(10-8-12)18(25)14-3-1-2-4-15(14)20/h1-6,11-12H,7-10H2,(H,21,22,24). The maximum Gasteiger partial charge on any atom is 0.255 e. The van der Waals surface area contributed by atoms with Crippen LogP contribution in [0.5, 0.6) is 0 Å². The molecular formula is C18H17BrClN3O2. The molecule has 1 saturated heterocycles. The number of piperidine rings is 1. The van der Waals surface area contributed by atoms with E-state index in [1.807, 2.05) is 6.07 Å². The molecule has 0 unspecified atom stereocenters. The lowest BCUT2D eigenvalue weighted by Crippen LogP contribution is -2.41. The molecule has 3 rings (SSSR count). The van der Waals surface area contributed by atoms with Gasteiger partial charge >= 0.3 is 0 Å². The van der Waals surface area contributed by atoms with Crippen molar-refractivity contribution < 1.29 is 9.59 Å². The molecule has 0 radical (unpaired) electrons. The van der Waals surface area contributed by atoms with E-state index in [4.69, 9.17) is 11.6 Å². The third-order valence-corrected chi connectivity index (χ3v) is 5.03. The minimum atomic E-state index is -0.124. The van der Waals surface area contributed by atoms with Gasteiger partial charge in [-0.2, -0.15) is 0 Å². The van der Waals surface area contributed by atoms with E-state index in [0.29, 0.717) is 42.3 Å². The predicted octanol–water partition coefficient (Wildman–Crippen LogP) is 3.99. The first kappa shape index (κ1) is 17.9. The predicted molar refractivity (Wildman–Crippen MR) is 101 cm³/mol. The summed E-state index contributed by atoms with van der Waals surface area (Å²) in [5.74, 6) is 0.266. The van der Waals surface area contributed by atoms with Crippen LogP contribution in [0.3, 0.4) is 0 Å². The molecule has 0 saturated carbocycles. The smallest absolute Gasteiger partial charge is 0.255 e. The second kappa shape index (κ2) is 7.97. The maximum atomic E-state index is 12.5. The summed E-state index contributed by atoms with van der Waals surface area (Å²) in [5, 5.41) is 3.28. The Hall–Kier alpha value is -1.92. The van der Waals surface area contributed by atoms with Crippen molar-refractivity contribution in [1.82, 2.24) is 9.88 Å². The maximum absolute atomic E-state index is 12.5. The SMILES string of the molecule is O=C(Nc1ccc(Br)cn1)C1CCN(C(=O)c2ccccc2Cl)CC1. The van der Waals surface area contributed by atoms with Crippen molar-refractivity contribution in [2.24, 2.45) is 5.92 Å². The van der Waals surface area contributed by atoms with Gasteiger partial charge in [0.1, 0.15) is 5.82 Å². The lowest BCUT2D eigenvalue weighted by molar-refractivity contribution is -0.121. The molecular weight excluding hydrogens is 406 g/mol. The van der Waals surface area contributed by atoms with Gasteiger partial charge in [0.2, 0.25) is 5.91 Å². The van der Waals surface area contributed by atoms with Crippen molar-refractivity contribution in [3.05, 3.63) is 57.7 Å². The van der Waals surface area contributed by atoms with Crippen LogP contribution >= 0.6 is 27.5 Å². The van der Waals surface area contributed by atoms with Gasteiger partial charge < -0.3 is 10.2 Å². The molecule has 1 aromatic carbocycles. The minimum absolute atomic E-state index is 0.0559. The van der Waals surface area contributed by atoms with Crippen molar-refractivity contribution in [2.75, 3.05) is 18.4 Å². The normalized spacial score (nSPS) is 15.0. The summed E-state index contributed by atoms with van der Waals surface area (Å²) < 4.78 is 0.858. The Morgan fingerprint density at radius 2 is 1.88 bits per heavy atom. The molecule has 2 aromatic rings. The van der Waals surface area contributed by atoms with E-state index in [1.54, 1.807) is 41.4 Å². The van der Waals surface area contributed by atoms with Crippen molar-refractivity contribution >= 4 is 45.2 Å². The summed E-state index contributed by atoms with van der Waals surface area (Å²) in [5.41, 5.74) is 0.506. The lowest BCUT2D eigenvalue weighted by atomic mass is 9.95. The third-order valence-electron chi connectivity index (χ3n) is 4.24. The molecule has 1 aliphatic rings. The summed E-state index contributed by atoms with van der Waals surface area (Å²) in [4.78, 5) is 30.8. The van der Waals surface area contributed by atoms with Gasteiger partial charge in [0, 0.05) is 29.7 Å². The van der Waals surface area contributed by atoms with E-state index >= 15 is 0 Å². The van der Waals surface area contributed by atoms with Gasteiger partial charge in [-0.3, -0.25) is 9.59 Å². The molecule has 1 fully saturated rings. The van der Waals surface area contributed by atoms with Gasteiger partial charge in [-0.1, -0.05) is 23.7 Å². The number of rotatable bonds is 3. The van der Waals surface area contributed by atoms with Gasteiger partial charge in [0.15, 0.2) is 0 Å². The summed E-state index contributed by atoms with van der Waals surface area (Å²) in [7, 11) is 0. The Morgan fingerprint density at radius 1 is 1.16 bits per heavy atom. The fourth-order valence-electron chi connectivity index (χ4n) is 2.83. The summed E-state index contributed by atoms with van der Waals surface area (Å²) in [6.45, 7) is 1.08. The topological polar surface area (TPSA) is 62.3 Å². The van der Waals surface area contributed by atoms with Crippen molar-refractivity contribution in [3.63, 3.8) is 0 Å². The number of halogens is 2. The zero-order valence-electron chi connectivity index (χ0n) is 13.4. The number of carbonyl (C=O) groups excluding carboxylic acids is 2. The molecule has 7 heteroatoms. The van der Waals surface area contributed by atoms with Crippen LogP contribution in [0.2, 0.25) is 5.02 Å². The van der Waals surface area contributed by atoms with Crippen LogP contribution in [0, 0.1) is 5.92 Å². The molecule has 0 spiro atoms. The van der Waals surface area contributed by atoms with E-state index in [1.165, 1.54) is 0 Å². The molecule has 1 aliphatic heterocycles. The highest BCUT2D eigenvalue weighted by Gasteiger charge is 2.28. The monoisotopic (exact) mass is 421 g/mol. The molecule has 2 amide bonds. The van der Waals surface area contributed by atoms with Gasteiger partial charge in [0.25, 0.3) is 5.91 Å².